The molecule has 0 aromatic carbocycles. The van der Waals surface area contributed by atoms with Gasteiger partial charge in [-0.3, -0.25) is 4.79 Å². The lowest BCUT2D eigenvalue weighted by atomic mass is 9.78. The second kappa shape index (κ2) is 6.02. The first kappa shape index (κ1) is 15.4. The quantitative estimate of drug-likeness (QED) is 0.755. The fourth-order valence-electron chi connectivity index (χ4n) is 2.46. The summed E-state index contributed by atoms with van der Waals surface area (Å²) in [6, 6.07) is 0. The molecular weight excluding hydrogens is 226 g/mol. The third kappa shape index (κ3) is 4.25. The summed E-state index contributed by atoms with van der Waals surface area (Å²) >= 11 is 0. The Morgan fingerprint density at radius 1 is 1.39 bits per heavy atom. The van der Waals surface area contributed by atoms with Crippen LogP contribution in [0.2, 0.25) is 0 Å². The molecule has 0 bridgehead atoms. The summed E-state index contributed by atoms with van der Waals surface area (Å²) in [5, 5.41) is 0. The zero-order chi connectivity index (χ0) is 13.8. The third-order valence-corrected chi connectivity index (χ3v) is 4.65. The van der Waals surface area contributed by atoms with Gasteiger partial charge in [0, 0.05) is 0 Å². The lowest BCUT2D eigenvalue weighted by Crippen LogP contribution is -2.49. The first-order valence-corrected chi connectivity index (χ1v) is 7.10. The van der Waals surface area contributed by atoms with Crippen LogP contribution in [0.1, 0.15) is 52.9 Å². The van der Waals surface area contributed by atoms with Crippen LogP contribution in [0, 0.1) is 5.41 Å². The molecule has 0 aromatic rings. The number of primary amides is 1. The Labute approximate surface area is 111 Å². The van der Waals surface area contributed by atoms with E-state index in [1.54, 1.807) is 6.92 Å². The van der Waals surface area contributed by atoms with Gasteiger partial charge in [0.2, 0.25) is 5.91 Å². The van der Waals surface area contributed by atoms with Gasteiger partial charge in [0.05, 0.1) is 5.54 Å². The Morgan fingerprint density at radius 3 is 2.39 bits per heavy atom. The summed E-state index contributed by atoms with van der Waals surface area (Å²) in [6.07, 6.45) is 5.43. The molecule has 0 aliphatic carbocycles. The normalized spacial score (nSPS) is 23.6. The Kier molecular flexibility index (Phi) is 5.17. The van der Waals surface area contributed by atoms with Crippen LogP contribution in [0.25, 0.3) is 0 Å². The molecule has 1 atom stereocenters. The molecule has 1 amide bonds. The molecule has 4 heteroatoms. The number of amides is 1. The van der Waals surface area contributed by atoms with Crippen molar-refractivity contribution < 1.29 is 4.79 Å². The topological polar surface area (TPSA) is 72.3 Å². The van der Waals surface area contributed by atoms with Crippen molar-refractivity contribution in [1.82, 2.24) is 4.90 Å². The average molecular weight is 255 g/mol. The minimum Gasteiger partial charge on any atom is -0.368 e. The molecular formula is C14H29N3O. The van der Waals surface area contributed by atoms with E-state index < -0.39 is 11.4 Å². The second-order valence-electron chi connectivity index (χ2n) is 6.39. The van der Waals surface area contributed by atoms with Crippen LogP contribution < -0.4 is 11.5 Å². The summed E-state index contributed by atoms with van der Waals surface area (Å²) in [5.74, 6) is -0.403. The van der Waals surface area contributed by atoms with Crippen molar-refractivity contribution in [1.29, 1.82) is 0 Å². The number of hydrogen-bond acceptors (Lipinski definition) is 3. The van der Waals surface area contributed by atoms with Crippen LogP contribution in [-0.4, -0.2) is 36.0 Å². The maximum Gasteiger partial charge on any atom is 0.237 e. The van der Waals surface area contributed by atoms with Crippen molar-refractivity contribution >= 4 is 5.91 Å². The highest BCUT2D eigenvalue weighted by molar-refractivity contribution is 5.83. The summed E-state index contributed by atoms with van der Waals surface area (Å²) in [6.45, 7) is 9.75. The van der Waals surface area contributed by atoms with E-state index in [1.807, 2.05) is 0 Å². The predicted molar refractivity (Wildman–Crippen MR) is 75.1 cm³/mol. The molecule has 0 aromatic heterocycles. The van der Waals surface area contributed by atoms with Crippen molar-refractivity contribution in [2.75, 3.05) is 19.6 Å². The van der Waals surface area contributed by atoms with E-state index in [-0.39, 0.29) is 0 Å². The van der Waals surface area contributed by atoms with Crippen LogP contribution in [-0.2, 0) is 4.79 Å². The molecule has 1 rings (SSSR count). The molecule has 1 aliphatic rings. The van der Waals surface area contributed by atoms with E-state index in [0.29, 0.717) is 11.8 Å². The fraction of sp³-hybridized carbons (Fsp3) is 0.929. The second-order valence-corrected chi connectivity index (χ2v) is 6.39. The van der Waals surface area contributed by atoms with Crippen molar-refractivity contribution in [2.45, 2.75) is 58.4 Å². The van der Waals surface area contributed by atoms with Crippen LogP contribution >= 0.6 is 0 Å². The van der Waals surface area contributed by atoms with Gasteiger partial charge >= 0.3 is 0 Å². The summed E-state index contributed by atoms with van der Waals surface area (Å²) in [7, 11) is 0. The molecule has 4 nitrogen and oxygen atoms in total. The zero-order valence-corrected chi connectivity index (χ0v) is 12.2. The molecule has 1 fully saturated rings. The predicted octanol–water partition coefficient (Wildman–Crippen LogP) is 1.48. The molecule has 1 aliphatic heterocycles. The summed E-state index contributed by atoms with van der Waals surface area (Å²) < 4.78 is 0. The number of hydrogen-bond donors (Lipinski definition) is 2. The molecule has 1 saturated heterocycles. The molecule has 0 spiro atoms. The third-order valence-electron chi connectivity index (χ3n) is 4.65. The number of carbonyl (C=O) groups is 1. The van der Waals surface area contributed by atoms with E-state index in [2.05, 4.69) is 18.7 Å². The Bertz CT molecular complexity index is 281. The highest BCUT2D eigenvalue weighted by Crippen LogP contribution is 2.33. The highest BCUT2D eigenvalue weighted by Gasteiger charge is 2.29. The maximum absolute atomic E-state index is 11.1. The monoisotopic (exact) mass is 255 g/mol. The Hall–Kier alpha value is -0.610. The molecule has 1 heterocycles. The Morgan fingerprint density at radius 2 is 1.94 bits per heavy atom. The van der Waals surface area contributed by atoms with E-state index in [0.717, 1.165) is 13.0 Å². The number of carbonyl (C=O) groups excluding carboxylic acids is 1. The zero-order valence-electron chi connectivity index (χ0n) is 12.2. The van der Waals surface area contributed by atoms with E-state index in [4.69, 9.17) is 11.5 Å². The van der Waals surface area contributed by atoms with Crippen LogP contribution in [0.15, 0.2) is 0 Å². The van der Waals surface area contributed by atoms with E-state index >= 15 is 0 Å². The Balaban J connectivity index is 2.25. The van der Waals surface area contributed by atoms with Crippen molar-refractivity contribution in [2.24, 2.45) is 16.9 Å². The van der Waals surface area contributed by atoms with Gasteiger partial charge in [0.1, 0.15) is 0 Å². The van der Waals surface area contributed by atoms with Gasteiger partial charge in [-0.25, -0.2) is 0 Å². The molecule has 18 heavy (non-hydrogen) atoms. The van der Waals surface area contributed by atoms with E-state index in [1.165, 1.54) is 32.4 Å². The largest absolute Gasteiger partial charge is 0.368 e. The summed E-state index contributed by atoms with van der Waals surface area (Å²) in [5.41, 5.74) is 10.8. The smallest absolute Gasteiger partial charge is 0.237 e. The minimum absolute atomic E-state index is 0.403. The lowest BCUT2D eigenvalue weighted by molar-refractivity contribution is -0.122. The van der Waals surface area contributed by atoms with Crippen molar-refractivity contribution in [3.8, 4) is 0 Å². The highest BCUT2D eigenvalue weighted by atomic mass is 16.1. The standard InChI is InChI=1S/C14H29N3O/c1-4-13(2)7-10-17(11-8-13)9-5-6-14(3,16)12(15)18/h4-11,16H2,1-3H3,(H2,15,18). The number of nitrogens with two attached hydrogens (primary N) is 2. The first-order valence-electron chi connectivity index (χ1n) is 7.10. The number of nitrogens with zero attached hydrogens (tertiary/aromatic N) is 1. The van der Waals surface area contributed by atoms with Gasteiger partial charge in [0.15, 0.2) is 0 Å². The lowest BCUT2D eigenvalue weighted by Gasteiger charge is -2.39. The van der Waals surface area contributed by atoms with Gasteiger partial charge in [-0.05, 0) is 57.7 Å². The van der Waals surface area contributed by atoms with Gasteiger partial charge in [-0.2, -0.15) is 0 Å². The molecule has 0 radical (unpaired) electrons. The van der Waals surface area contributed by atoms with Crippen LogP contribution in [0.5, 0.6) is 0 Å². The summed E-state index contributed by atoms with van der Waals surface area (Å²) in [4.78, 5) is 13.6. The maximum atomic E-state index is 11.1. The molecule has 0 saturated carbocycles. The van der Waals surface area contributed by atoms with Crippen LogP contribution in [0.3, 0.4) is 0 Å². The fourth-order valence-corrected chi connectivity index (χ4v) is 2.46. The first-order chi connectivity index (χ1) is 8.29. The van der Waals surface area contributed by atoms with Crippen molar-refractivity contribution in [3.63, 3.8) is 0 Å². The van der Waals surface area contributed by atoms with Gasteiger partial charge in [0.25, 0.3) is 0 Å². The van der Waals surface area contributed by atoms with Crippen LogP contribution in [0.4, 0.5) is 0 Å². The number of piperidine rings is 1. The number of rotatable bonds is 6. The minimum atomic E-state index is -0.853. The molecule has 1 unspecified atom stereocenters. The van der Waals surface area contributed by atoms with Gasteiger partial charge in [-0.1, -0.05) is 20.3 Å². The average Bonchev–Trinajstić information content (AvgIpc) is 2.31. The molecule has 4 N–H and O–H groups in total. The van der Waals surface area contributed by atoms with Gasteiger partial charge in [-0.15, -0.1) is 0 Å². The van der Waals surface area contributed by atoms with Gasteiger partial charge < -0.3 is 16.4 Å². The molecule has 106 valence electrons. The van der Waals surface area contributed by atoms with Crippen molar-refractivity contribution in [3.05, 3.63) is 0 Å². The number of likely N-dealkylation sites (tertiary alicyclic amines) is 1. The van der Waals surface area contributed by atoms with E-state index in [9.17, 15) is 4.79 Å². The SMILES string of the molecule is CCC1(C)CCN(CCCC(C)(N)C(N)=O)CC1.